The Kier molecular flexibility index (Phi) is 1.81. The molecule has 3 nitrogen and oxygen atoms in total. The molecule has 2 saturated heterocycles. The van der Waals surface area contributed by atoms with E-state index in [4.69, 9.17) is 0 Å². The molecule has 0 aliphatic carbocycles. The first-order chi connectivity index (χ1) is 5.31. The monoisotopic (exact) mass is 172 g/mol. The number of amides is 1. The average Bonchev–Trinajstić information content (AvgIpc) is 2.45. The lowest BCUT2D eigenvalue weighted by Gasteiger charge is -2.33. The van der Waals surface area contributed by atoms with Crippen LogP contribution in [0.1, 0.15) is 6.42 Å². The largest absolute Gasteiger partial charge is 0.353 e. The van der Waals surface area contributed by atoms with Crippen molar-refractivity contribution < 1.29 is 4.79 Å². The summed E-state index contributed by atoms with van der Waals surface area (Å²) >= 11 is 1.97. The number of thioether (sulfide) groups is 1. The van der Waals surface area contributed by atoms with Gasteiger partial charge in [0.2, 0.25) is 5.91 Å². The molecule has 1 atom stereocenters. The van der Waals surface area contributed by atoms with Crippen LogP contribution >= 0.6 is 11.8 Å². The first kappa shape index (κ1) is 7.43. The van der Waals surface area contributed by atoms with Crippen LogP contribution in [-0.4, -0.2) is 36.0 Å². The number of nitrogens with one attached hydrogen (secondary N) is 2. The van der Waals surface area contributed by atoms with Gasteiger partial charge in [0.05, 0.1) is 6.54 Å². The van der Waals surface area contributed by atoms with E-state index in [9.17, 15) is 4.79 Å². The van der Waals surface area contributed by atoms with E-state index in [1.807, 2.05) is 11.8 Å². The van der Waals surface area contributed by atoms with Crippen molar-refractivity contribution in [1.82, 2.24) is 10.6 Å². The predicted molar refractivity (Wildman–Crippen MR) is 45.7 cm³/mol. The number of hydrogen-bond acceptors (Lipinski definition) is 3. The lowest BCUT2D eigenvalue weighted by atomic mass is 9.97. The molecule has 0 aromatic heterocycles. The molecule has 0 saturated carbocycles. The van der Waals surface area contributed by atoms with Crippen molar-refractivity contribution in [1.29, 1.82) is 0 Å². The topological polar surface area (TPSA) is 41.1 Å². The molecule has 0 radical (unpaired) electrons. The van der Waals surface area contributed by atoms with Crippen molar-refractivity contribution >= 4 is 17.7 Å². The van der Waals surface area contributed by atoms with Gasteiger partial charge in [-0.3, -0.25) is 4.79 Å². The molecule has 2 aliphatic heterocycles. The first-order valence-electron chi connectivity index (χ1n) is 3.90. The molecule has 2 aliphatic rings. The van der Waals surface area contributed by atoms with Crippen LogP contribution in [0, 0.1) is 0 Å². The minimum atomic E-state index is 0.132. The molecule has 11 heavy (non-hydrogen) atoms. The van der Waals surface area contributed by atoms with E-state index in [1.165, 1.54) is 12.2 Å². The fourth-order valence-corrected chi connectivity index (χ4v) is 2.97. The van der Waals surface area contributed by atoms with Gasteiger partial charge in [-0.1, -0.05) is 0 Å². The molecule has 1 amide bonds. The van der Waals surface area contributed by atoms with E-state index < -0.39 is 0 Å². The third-order valence-electron chi connectivity index (χ3n) is 2.35. The fourth-order valence-electron chi connectivity index (χ4n) is 1.55. The van der Waals surface area contributed by atoms with Gasteiger partial charge in [0.1, 0.15) is 0 Å². The highest BCUT2D eigenvalue weighted by Gasteiger charge is 2.36. The maximum atomic E-state index is 10.8. The maximum Gasteiger partial charge on any atom is 0.234 e. The van der Waals surface area contributed by atoms with Crippen molar-refractivity contribution in [3.63, 3.8) is 0 Å². The molecule has 4 heteroatoms. The van der Waals surface area contributed by atoms with E-state index in [-0.39, 0.29) is 11.4 Å². The summed E-state index contributed by atoms with van der Waals surface area (Å²) in [7, 11) is 0. The Morgan fingerprint density at radius 3 is 3.00 bits per heavy atom. The normalized spacial score (nSPS) is 37.6. The Hall–Kier alpha value is -0.220. The fraction of sp³-hybridized carbons (Fsp3) is 0.857. The van der Waals surface area contributed by atoms with Crippen LogP contribution in [-0.2, 0) is 4.79 Å². The first-order valence-corrected chi connectivity index (χ1v) is 5.06. The van der Waals surface area contributed by atoms with Gasteiger partial charge in [0, 0.05) is 17.8 Å². The zero-order valence-corrected chi connectivity index (χ0v) is 7.17. The van der Waals surface area contributed by atoms with Gasteiger partial charge in [-0.05, 0) is 12.2 Å². The number of hydrogen-bond donors (Lipinski definition) is 2. The van der Waals surface area contributed by atoms with Crippen LogP contribution in [0.5, 0.6) is 0 Å². The van der Waals surface area contributed by atoms with Gasteiger partial charge in [0.15, 0.2) is 0 Å². The molecule has 0 bridgehead atoms. The highest BCUT2D eigenvalue weighted by Crippen LogP contribution is 2.28. The second kappa shape index (κ2) is 2.68. The van der Waals surface area contributed by atoms with Crippen LogP contribution in [0.2, 0.25) is 0 Å². The van der Waals surface area contributed by atoms with Crippen LogP contribution in [0.4, 0.5) is 0 Å². The lowest BCUT2D eigenvalue weighted by molar-refractivity contribution is -0.122. The molecule has 0 aromatic carbocycles. The zero-order chi connectivity index (χ0) is 7.73. The SMILES string of the molecule is O=C1CNC2(CCSC2)CN1. The summed E-state index contributed by atoms with van der Waals surface area (Å²) in [6, 6.07) is 0. The standard InChI is InChI=1S/C7H12N2OS/c10-6-3-9-7(4-8-6)1-2-11-5-7/h9H,1-5H2,(H,8,10). The molecule has 1 spiro atoms. The Morgan fingerprint density at radius 2 is 2.45 bits per heavy atom. The molecule has 2 fully saturated rings. The van der Waals surface area contributed by atoms with Crippen molar-refractivity contribution in [3.8, 4) is 0 Å². The van der Waals surface area contributed by atoms with Gasteiger partial charge in [-0.15, -0.1) is 0 Å². The molecule has 62 valence electrons. The Balaban J connectivity index is 1.99. The maximum absolute atomic E-state index is 10.8. The highest BCUT2D eigenvalue weighted by atomic mass is 32.2. The summed E-state index contributed by atoms with van der Waals surface area (Å²) in [5.74, 6) is 2.50. The predicted octanol–water partition coefficient (Wildman–Crippen LogP) is -0.418. The third-order valence-corrected chi connectivity index (χ3v) is 3.60. The highest BCUT2D eigenvalue weighted by molar-refractivity contribution is 7.99. The minimum Gasteiger partial charge on any atom is -0.353 e. The van der Waals surface area contributed by atoms with E-state index in [1.54, 1.807) is 0 Å². The van der Waals surface area contributed by atoms with Crippen LogP contribution < -0.4 is 10.6 Å². The Labute approximate surface area is 70.3 Å². The number of rotatable bonds is 0. The quantitative estimate of drug-likeness (QED) is 0.521. The number of carbonyl (C=O) groups excluding carboxylic acids is 1. The van der Waals surface area contributed by atoms with Gasteiger partial charge in [-0.25, -0.2) is 0 Å². The van der Waals surface area contributed by atoms with Crippen LogP contribution in [0.3, 0.4) is 0 Å². The van der Waals surface area contributed by atoms with Crippen LogP contribution in [0.25, 0.3) is 0 Å². The number of carbonyl (C=O) groups is 1. The Bertz CT molecular complexity index is 165. The van der Waals surface area contributed by atoms with E-state index >= 15 is 0 Å². The summed E-state index contributed by atoms with van der Waals surface area (Å²) in [5.41, 5.74) is 0.235. The van der Waals surface area contributed by atoms with Crippen molar-refractivity contribution in [2.24, 2.45) is 0 Å². The second-order valence-electron chi connectivity index (χ2n) is 3.21. The summed E-state index contributed by atoms with van der Waals surface area (Å²) in [5, 5.41) is 6.21. The van der Waals surface area contributed by atoms with Gasteiger partial charge in [-0.2, -0.15) is 11.8 Å². The zero-order valence-electron chi connectivity index (χ0n) is 6.35. The van der Waals surface area contributed by atoms with Gasteiger partial charge in [0.25, 0.3) is 0 Å². The van der Waals surface area contributed by atoms with Gasteiger partial charge >= 0.3 is 0 Å². The van der Waals surface area contributed by atoms with Crippen molar-refractivity contribution in [2.45, 2.75) is 12.0 Å². The second-order valence-corrected chi connectivity index (χ2v) is 4.32. The molecule has 0 aromatic rings. The molecular formula is C7H12N2OS. The average molecular weight is 172 g/mol. The van der Waals surface area contributed by atoms with Gasteiger partial charge < -0.3 is 10.6 Å². The molecule has 2 rings (SSSR count). The van der Waals surface area contributed by atoms with Crippen molar-refractivity contribution in [3.05, 3.63) is 0 Å². The smallest absolute Gasteiger partial charge is 0.234 e. The van der Waals surface area contributed by atoms with Crippen molar-refractivity contribution in [2.75, 3.05) is 24.6 Å². The Morgan fingerprint density at radius 1 is 1.55 bits per heavy atom. The third kappa shape index (κ3) is 1.37. The minimum absolute atomic E-state index is 0.132. The van der Waals surface area contributed by atoms with E-state index in [0.717, 1.165) is 12.3 Å². The summed E-state index contributed by atoms with van der Waals surface area (Å²) in [4.78, 5) is 10.8. The summed E-state index contributed by atoms with van der Waals surface area (Å²) in [6.45, 7) is 1.32. The molecule has 2 heterocycles. The molecule has 1 unspecified atom stereocenters. The van der Waals surface area contributed by atoms with Crippen LogP contribution in [0.15, 0.2) is 0 Å². The summed E-state index contributed by atoms with van der Waals surface area (Å²) < 4.78 is 0. The van der Waals surface area contributed by atoms with E-state index in [0.29, 0.717) is 6.54 Å². The lowest BCUT2D eigenvalue weighted by Crippen LogP contribution is -2.61. The molecule has 2 N–H and O–H groups in total. The molecular weight excluding hydrogens is 160 g/mol. The summed E-state index contributed by atoms with van der Waals surface area (Å²) in [6.07, 6.45) is 1.19. The number of piperazine rings is 1. The van der Waals surface area contributed by atoms with E-state index in [2.05, 4.69) is 10.6 Å².